The topological polar surface area (TPSA) is 40.5 Å². The summed E-state index contributed by atoms with van der Waals surface area (Å²) >= 11 is 0. The standard InChI is InChI=1S/C9H11NO2/c1-2-8(12)10-4-7-3-9(7,5-10)6-11/h1,7,11H,3-6H2. The molecule has 1 saturated carbocycles. The van der Waals surface area contributed by atoms with E-state index in [0.29, 0.717) is 12.5 Å². The number of aliphatic hydroxyl groups is 1. The quantitative estimate of drug-likeness (QED) is 0.530. The predicted octanol–water partition coefficient (Wildman–Crippen LogP) is -0.540. The average molecular weight is 165 g/mol. The van der Waals surface area contributed by atoms with Crippen LogP contribution in [0.3, 0.4) is 0 Å². The van der Waals surface area contributed by atoms with Gasteiger partial charge in [0.05, 0.1) is 6.61 Å². The highest BCUT2D eigenvalue weighted by Crippen LogP contribution is 2.57. The lowest BCUT2D eigenvalue weighted by Crippen LogP contribution is -2.31. The monoisotopic (exact) mass is 165 g/mol. The van der Waals surface area contributed by atoms with Crippen LogP contribution in [0.25, 0.3) is 0 Å². The molecule has 0 radical (unpaired) electrons. The van der Waals surface area contributed by atoms with Gasteiger partial charge in [-0.25, -0.2) is 0 Å². The lowest BCUT2D eigenvalue weighted by atomic mass is 10.1. The SMILES string of the molecule is C#CC(=O)N1CC2CC2(CO)C1. The number of rotatable bonds is 1. The zero-order valence-electron chi connectivity index (χ0n) is 6.79. The van der Waals surface area contributed by atoms with E-state index in [-0.39, 0.29) is 17.9 Å². The molecule has 0 spiro atoms. The van der Waals surface area contributed by atoms with E-state index < -0.39 is 0 Å². The van der Waals surface area contributed by atoms with Gasteiger partial charge in [-0.1, -0.05) is 0 Å². The maximum atomic E-state index is 11.0. The zero-order chi connectivity index (χ0) is 8.77. The Kier molecular flexibility index (Phi) is 1.42. The summed E-state index contributed by atoms with van der Waals surface area (Å²) in [5.74, 6) is 2.35. The smallest absolute Gasteiger partial charge is 0.298 e. The molecule has 64 valence electrons. The first-order valence-electron chi connectivity index (χ1n) is 4.08. The summed E-state index contributed by atoms with van der Waals surface area (Å²) in [6.45, 7) is 1.58. The molecule has 0 aromatic carbocycles. The van der Waals surface area contributed by atoms with Gasteiger partial charge >= 0.3 is 0 Å². The minimum atomic E-state index is -0.241. The average Bonchev–Trinajstić information content (AvgIpc) is 2.68. The Labute approximate surface area is 71.4 Å². The Balaban J connectivity index is 2.02. The number of aliphatic hydroxyl groups excluding tert-OH is 1. The lowest BCUT2D eigenvalue weighted by molar-refractivity contribution is -0.124. The highest BCUT2D eigenvalue weighted by Gasteiger charge is 2.60. The zero-order valence-corrected chi connectivity index (χ0v) is 6.79. The van der Waals surface area contributed by atoms with Gasteiger partial charge in [-0.05, 0) is 18.3 Å². The molecule has 2 unspecified atom stereocenters. The normalized spacial score (nSPS) is 37.3. The first kappa shape index (κ1) is 7.63. The molecule has 1 amide bonds. The van der Waals surface area contributed by atoms with E-state index in [4.69, 9.17) is 11.5 Å². The Bertz CT molecular complexity index is 264. The molecule has 0 bridgehead atoms. The number of likely N-dealkylation sites (tertiary alicyclic amines) is 1. The largest absolute Gasteiger partial charge is 0.396 e. The van der Waals surface area contributed by atoms with Crippen LogP contribution in [0.2, 0.25) is 0 Å². The van der Waals surface area contributed by atoms with Gasteiger partial charge in [0.25, 0.3) is 5.91 Å². The second-order valence-corrected chi connectivity index (χ2v) is 3.75. The first-order chi connectivity index (χ1) is 5.72. The molecule has 2 aliphatic rings. The van der Waals surface area contributed by atoms with Crippen LogP contribution in [-0.2, 0) is 4.79 Å². The summed E-state index contributed by atoms with van der Waals surface area (Å²) in [5.41, 5.74) is 0.0203. The summed E-state index contributed by atoms with van der Waals surface area (Å²) in [4.78, 5) is 12.7. The molecular formula is C9H11NO2. The fraction of sp³-hybridized carbons (Fsp3) is 0.667. The van der Waals surface area contributed by atoms with Crippen LogP contribution >= 0.6 is 0 Å². The van der Waals surface area contributed by atoms with E-state index in [2.05, 4.69) is 5.92 Å². The van der Waals surface area contributed by atoms with Crippen LogP contribution in [0.4, 0.5) is 0 Å². The van der Waals surface area contributed by atoms with Gasteiger partial charge in [0, 0.05) is 18.5 Å². The summed E-state index contributed by atoms with van der Waals surface area (Å²) in [6.07, 6.45) is 6.05. The first-order valence-corrected chi connectivity index (χ1v) is 4.08. The fourth-order valence-corrected chi connectivity index (χ4v) is 2.08. The van der Waals surface area contributed by atoms with Gasteiger partial charge in [-0.3, -0.25) is 4.79 Å². The second-order valence-electron chi connectivity index (χ2n) is 3.75. The van der Waals surface area contributed by atoms with Gasteiger partial charge < -0.3 is 10.0 Å². The number of nitrogens with zero attached hydrogens (tertiary/aromatic N) is 1. The molecule has 3 heteroatoms. The van der Waals surface area contributed by atoms with Crippen molar-refractivity contribution >= 4 is 5.91 Å². The van der Waals surface area contributed by atoms with E-state index in [1.54, 1.807) is 4.90 Å². The Hall–Kier alpha value is -1.01. The molecule has 2 rings (SSSR count). The molecule has 0 aromatic rings. The van der Waals surface area contributed by atoms with E-state index in [9.17, 15) is 4.79 Å². The number of fused-ring (bicyclic) bond motifs is 1. The van der Waals surface area contributed by atoms with Crippen LogP contribution in [-0.4, -0.2) is 35.6 Å². The van der Waals surface area contributed by atoms with E-state index in [1.165, 1.54) is 0 Å². The van der Waals surface area contributed by atoms with Crippen molar-refractivity contribution < 1.29 is 9.90 Å². The van der Waals surface area contributed by atoms with E-state index >= 15 is 0 Å². The van der Waals surface area contributed by atoms with Gasteiger partial charge in [0.15, 0.2) is 0 Å². The van der Waals surface area contributed by atoms with E-state index in [1.807, 2.05) is 0 Å². The van der Waals surface area contributed by atoms with Crippen LogP contribution in [0.15, 0.2) is 0 Å². The number of piperidine rings is 1. The molecule has 2 fully saturated rings. The maximum Gasteiger partial charge on any atom is 0.298 e. The lowest BCUT2D eigenvalue weighted by Gasteiger charge is -2.16. The third-order valence-electron chi connectivity index (χ3n) is 3.03. The highest BCUT2D eigenvalue weighted by atomic mass is 16.3. The summed E-state index contributed by atoms with van der Waals surface area (Å²) in [7, 11) is 0. The number of carbonyl (C=O) groups is 1. The van der Waals surface area contributed by atoms with Crippen molar-refractivity contribution in [3.05, 3.63) is 0 Å². The van der Waals surface area contributed by atoms with Crippen molar-refractivity contribution in [3.63, 3.8) is 0 Å². The molecule has 1 saturated heterocycles. The molecule has 0 aromatic heterocycles. The minimum Gasteiger partial charge on any atom is -0.396 e. The highest BCUT2D eigenvalue weighted by molar-refractivity contribution is 5.93. The summed E-state index contributed by atoms with van der Waals surface area (Å²) < 4.78 is 0. The van der Waals surface area contributed by atoms with Crippen molar-refractivity contribution in [2.75, 3.05) is 19.7 Å². The molecular weight excluding hydrogens is 154 g/mol. The summed E-state index contributed by atoms with van der Waals surface area (Å²) in [6, 6.07) is 0. The molecule has 3 nitrogen and oxygen atoms in total. The van der Waals surface area contributed by atoms with Gasteiger partial charge in [-0.2, -0.15) is 0 Å². The Morgan fingerprint density at radius 3 is 3.08 bits per heavy atom. The number of hydrogen-bond donors (Lipinski definition) is 1. The predicted molar refractivity (Wildman–Crippen MR) is 43.0 cm³/mol. The number of hydrogen-bond acceptors (Lipinski definition) is 2. The van der Waals surface area contributed by atoms with Crippen molar-refractivity contribution in [2.24, 2.45) is 11.3 Å². The van der Waals surface area contributed by atoms with Crippen LogP contribution in [0.1, 0.15) is 6.42 Å². The fourth-order valence-electron chi connectivity index (χ4n) is 2.08. The van der Waals surface area contributed by atoms with E-state index in [0.717, 1.165) is 13.0 Å². The number of terminal acetylenes is 1. The maximum absolute atomic E-state index is 11.0. The molecule has 1 heterocycles. The van der Waals surface area contributed by atoms with Gasteiger partial charge in [0.1, 0.15) is 0 Å². The van der Waals surface area contributed by atoms with Crippen LogP contribution < -0.4 is 0 Å². The van der Waals surface area contributed by atoms with Crippen LogP contribution in [0.5, 0.6) is 0 Å². The molecule has 12 heavy (non-hydrogen) atoms. The Morgan fingerprint density at radius 2 is 2.58 bits per heavy atom. The third-order valence-corrected chi connectivity index (χ3v) is 3.03. The summed E-state index contributed by atoms with van der Waals surface area (Å²) in [5, 5.41) is 9.05. The molecule has 1 N–H and O–H groups in total. The molecule has 2 atom stereocenters. The molecule has 1 aliphatic carbocycles. The van der Waals surface area contributed by atoms with Crippen molar-refractivity contribution in [2.45, 2.75) is 6.42 Å². The Morgan fingerprint density at radius 1 is 1.83 bits per heavy atom. The minimum absolute atomic E-state index is 0.0203. The third kappa shape index (κ3) is 0.850. The van der Waals surface area contributed by atoms with Crippen LogP contribution in [0, 0.1) is 23.7 Å². The number of carbonyl (C=O) groups excluding carboxylic acids is 1. The van der Waals surface area contributed by atoms with Gasteiger partial charge in [-0.15, -0.1) is 6.42 Å². The van der Waals surface area contributed by atoms with Crippen molar-refractivity contribution in [1.82, 2.24) is 4.90 Å². The van der Waals surface area contributed by atoms with Crippen molar-refractivity contribution in [1.29, 1.82) is 0 Å². The van der Waals surface area contributed by atoms with Gasteiger partial charge in [0.2, 0.25) is 0 Å². The molecule has 1 aliphatic heterocycles. The van der Waals surface area contributed by atoms with Crippen molar-refractivity contribution in [3.8, 4) is 12.3 Å². The second kappa shape index (κ2) is 2.24. The number of amides is 1.